The van der Waals surface area contributed by atoms with Crippen LogP contribution >= 0.6 is 0 Å². The van der Waals surface area contributed by atoms with Crippen LogP contribution in [0.1, 0.15) is 26.3 Å². The number of nitrogens with zero attached hydrogens (tertiary/aromatic N) is 1. The molecule has 2 atom stereocenters. The maximum Gasteiger partial charge on any atom is 0.245 e. The predicted octanol–water partition coefficient (Wildman–Crippen LogP) is 2.05. The molecule has 2 aliphatic rings. The molecule has 1 amide bonds. The van der Waals surface area contributed by atoms with Crippen LogP contribution < -0.4 is 5.32 Å². The first-order valence-electron chi connectivity index (χ1n) is 7.26. The smallest absolute Gasteiger partial charge is 0.245 e. The van der Waals surface area contributed by atoms with E-state index in [-0.39, 0.29) is 23.7 Å². The van der Waals surface area contributed by atoms with Gasteiger partial charge in [0.05, 0.1) is 11.7 Å². The topological polar surface area (TPSA) is 41.6 Å². The van der Waals surface area contributed by atoms with Crippen LogP contribution in [0.25, 0.3) is 0 Å². The Balaban J connectivity index is 1.72. The van der Waals surface area contributed by atoms with Crippen LogP contribution in [0.4, 0.5) is 5.69 Å². The summed E-state index contributed by atoms with van der Waals surface area (Å²) >= 11 is 0. The van der Waals surface area contributed by atoms with Crippen LogP contribution in [0.15, 0.2) is 24.3 Å². The fourth-order valence-electron chi connectivity index (χ4n) is 3.29. The average molecular weight is 274 g/mol. The molecular weight excluding hydrogens is 252 g/mol. The predicted molar refractivity (Wildman–Crippen MR) is 78.8 cm³/mol. The van der Waals surface area contributed by atoms with E-state index in [1.165, 1.54) is 5.56 Å². The highest BCUT2D eigenvalue weighted by atomic mass is 16.5. The normalized spacial score (nSPS) is 27.9. The Kier molecular flexibility index (Phi) is 3.21. The second-order valence-corrected chi connectivity index (χ2v) is 6.47. The van der Waals surface area contributed by atoms with Gasteiger partial charge in [0.1, 0.15) is 6.04 Å². The van der Waals surface area contributed by atoms with Gasteiger partial charge in [0.2, 0.25) is 5.91 Å². The van der Waals surface area contributed by atoms with Crippen molar-refractivity contribution in [3.8, 4) is 0 Å². The quantitative estimate of drug-likeness (QED) is 0.852. The Hall–Kier alpha value is -1.55. The van der Waals surface area contributed by atoms with Crippen molar-refractivity contribution in [2.75, 3.05) is 18.4 Å². The second-order valence-electron chi connectivity index (χ2n) is 6.47. The summed E-state index contributed by atoms with van der Waals surface area (Å²) in [6, 6.07) is 8.01. The standard InChI is InChI=1S/C16H22N2O2/c1-11-9-18(10-16(2,3)20-11)15(19)14-8-12-6-4-5-7-13(12)17-14/h4-7,11,14,17H,8-10H2,1-3H3/t11?,14-/m0/s1. The minimum absolute atomic E-state index is 0.0893. The maximum atomic E-state index is 12.7. The number of benzene rings is 1. The number of para-hydroxylation sites is 1. The fourth-order valence-corrected chi connectivity index (χ4v) is 3.29. The zero-order valence-corrected chi connectivity index (χ0v) is 12.3. The molecule has 1 aromatic carbocycles. The summed E-state index contributed by atoms with van der Waals surface area (Å²) in [4.78, 5) is 14.7. The van der Waals surface area contributed by atoms with Crippen LogP contribution in [-0.2, 0) is 16.0 Å². The van der Waals surface area contributed by atoms with Crippen molar-refractivity contribution in [3.05, 3.63) is 29.8 Å². The lowest BCUT2D eigenvalue weighted by molar-refractivity contribution is -0.158. The summed E-state index contributed by atoms with van der Waals surface area (Å²) in [5.74, 6) is 0.185. The van der Waals surface area contributed by atoms with Crippen LogP contribution in [0, 0.1) is 0 Å². The fraction of sp³-hybridized carbons (Fsp3) is 0.562. The van der Waals surface area contributed by atoms with Gasteiger partial charge in [-0.05, 0) is 32.4 Å². The minimum Gasteiger partial charge on any atom is -0.373 e. The number of anilines is 1. The van der Waals surface area contributed by atoms with E-state index < -0.39 is 0 Å². The number of hydrogen-bond acceptors (Lipinski definition) is 3. The Labute approximate surface area is 120 Å². The molecule has 2 heterocycles. The molecule has 4 heteroatoms. The van der Waals surface area contributed by atoms with E-state index in [9.17, 15) is 4.79 Å². The summed E-state index contributed by atoms with van der Waals surface area (Å²) < 4.78 is 5.86. The largest absolute Gasteiger partial charge is 0.373 e. The number of fused-ring (bicyclic) bond motifs is 1. The van der Waals surface area contributed by atoms with E-state index >= 15 is 0 Å². The van der Waals surface area contributed by atoms with Crippen LogP contribution in [0.5, 0.6) is 0 Å². The molecule has 108 valence electrons. The average Bonchev–Trinajstić information content (AvgIpc) is 2.79. The van der Waals surface area contributed by atoms with Crippen molar-refractivity contribution in [1.29, 1.82) is 0 Å². The molecule has 0 saturated carbocycles. The van der Waals surface area contributed by atoms with Gasteiger partial charge in [0.15, 0.2) is 0 Å². The van der Waals surface area contributed by atoms with Crippen molar-refractivity contribution >= 4 is 11.6 Å². The van der Waals surface area contributed by atoms with Gasteiger partial charge >= 0.3 is 0 Å². The lowest BCUT2D eigenvalue weighted by atomic mass is 10.0. The third kappa shape index (κ3) is 2.52. The first-order chi connectivity index (χ1) is 9.44. The Morgan fingerprint density at radius 3 is 2.85 bits per heavy atom. The molecule has 1 fully saturated rings. The molecule has 0 radical (unpaired) electrons. The second kappa shape index (κ2) is 4.77. The third-order valence-corrected chi connectivity index (χ3v) is 3.95. The van der Waals surface area contributed by atoms with Gasteiger partial charge < -0.3 is 15.0 Å². The number of ether oxygens (including phenoxy) is 1. The van der Waals surface area contributed by atoms with E-state index in [2.05, 4.69) is 11.4 Å². The molecule has 20 heavy (non-hydrogen) atoms. The molecule has 0 bridgehead atoms. The molecule has 1 N–H and O–H groups in total. The van der Waals surface area contributed by atoms with Crippen molar-refractivity contribution in [1.82, 2.24) is 4.90 Å². The van der Waals surface area contributed by atoms with Gasteiger partial charge in [-0.1, -0.05) is 18.2 Å². The van der Waals surface area contributed by atoms with E-state index in [0.717, 1.165) is 12.1 Å². The molecular formula is C16H22N2O2. The number of morpholine rings is 1. The number of rotatable bonds is 1. The highest BCUT2D eigenvalue weighted by Crippen LogP contribution is 2.28. The van der Waals surface area contributed by atoms with Crippen LogP contribution in [0.3, 0.4) is 0 Å². The Morgan fingerprint density at radius 1 is 1.40 bits per heavy atom. The first-order valence-corrected chi connectivity index (χ1v) is 7.26. The van der Waals surface area contributed by atoms with E-state index in [0.29, 0.717) is 13.1 Å². The number of carbonyl (C=O) groups is 1. The van der Waals surface area contributed by atoms with Gasteiger partial charge in [0, 0.05) is 25.2 Å². The van der Waals surface area contributed by atoms with Crippen molar-refractivity contribution in [2.24, 2.45) is 0 Å². The Morgan fingerprint density at radius 2 is 2.15 bits per heavy atom. The van der Waals surface area contributed by atoms with Crippen molar-refractivity contribution in [2.45, 2.75) is 44.9 Å². The summed E-state index contributed by atoms with van der Waals surface area (Å²) in [5.41, 5.74) is 2.05. The minimum atomic E-state index is -0.265. The summed E-state index contributed by atoms with van der Waals surface area (Å²) in [6.07, 6.45) is 0.868. The highest BCUT2D eigenvalue weighted by Gasteiger charge is 2.37. The zero-order chi connectivity index (χ0) is 14.3. The number of carbonyl (C=O) groups excluding carboxylic acids is 1. The molecule has 4 nitrogen and oxygen atoms in total. The molecule has 0 aromatic heterocycles. The van der Waals surface area contributed by atoms with Gasteiger partial charge in [-0.15, -0.1) is 0 Å². The number of amides is 1. The van der Waals surface area contributed by atoms with E-state index in [4.69, 9.17) is 4.74 Å². The first kappa shape index (κ1) is 13.4. The number of nitrogens with one attached hydrogen (secondary N) is 1. The molecule has 1 aromatic rings. The van der Waals surface area contributed by atoms with Gasteiger partial charge in [-0.2, -0.15) is 0 Å². The van der Waals surface area contributed by atoms with Crippen molar-refractivity contribution < 1.29 is 9.53 Å². The van der Waals surface area contributed by atoms with E-state index in [1.807, 2.05) is 43.9 Å². The van der Waals surface area contributed by atoms with Gasteiger partial charge in [-0.25, -0.2) is 0 Å². The molecule has 2 aliphatic heterocycles. The van der Waals surface area contributed by atoms with E-state index in [1.54, 1.807) is 0 Å². The molecule has 1 unspecified atom stereocenters. The molecule has 3 rings (SSSR count). The zero-order valence-electron chi connectivity index (χ0n) is 12.3. The monoisotopic (exact) mass is 274 g/mol. The summed E-state index contributed by atoms with van der Waals surface area (Å²) in [6.45, 7) is 7.44. The lowest BCUT2D eigenvalue weighted by Crippen LogP contribution is -2.56. The summed E-state index contributed by atoms with van der Waals surface area (Å²) in [5, 5.41) is 3.34. The molecule has 0 aliphatic carbocycles. The summed E-state index contributed by atoms with van der Waals surface area (Å²) in [7, 11) is 0. The van der Waals surface area contributed by atoms with Crippen LogP contribution in [0.2, 0.25) is 0 Å². The molecule has 1 saturated heterocycles. The SMILES string of the molecule is CC1CN(C(=O)[C@@H]2Cc3ccccc3N2)CC(C)(C)O1. The lowest BCUT2D eigenvalue weighted by Gasteiger charge is -2.42. The van der Waals surface area contributed by atoms with Gasteiger partial charge in [-0.3, -0.25) is 4.79 Å². The van der Waals surface area contributed by atoms with Crippen molar-refractivity contribution in [3.63, 3.8) is 0 Å². The van der Waals surface area contributed by atoms with Gasteiger partial charge in [0.25, 0.3) is 0 Å². The third-order valence-electron chi connectivity index (χ3n) is 3.95. The Bertz CT molecular complexity index is 502. The maximum absolute atomic E-state index is 12.7. The molecule has 0 spiro atoms. The highest BCUT2D eigenvalue weighted by molar-refractivity contribution is 5.87. The number of hydrogen-bond donors (Lipinski definition) is 1. The van der Waals surface area contributed by atoms with Crippen LogP contribution in [-0.4, -0.2) is 41.6 Å².